The second-order valence-electron chi connectivity index (χ2n) is 7.80. The van der Waals surface area contributed by atoms with Gasteiger partial charge in [-0.3, -0.25) is 0 Å². The highest BCUT2D eigenvalue weighted by atomic mass is 19.4. The summed E-state index contributed by atoms with van der Waals surface area (Å²) < 4.78 is 52.0. The molecule has 4 aromatic carbocycles. The van der Waals surface area contributed by atoms with Gasteiger partial charge in [0.15, 0.2) is 0 Å². The Labute approximate surface area is 215 Å². The Morgan fingerprint density at radius 2 is 1.08 bits per heavy atom. The lowest BCUT2D eigenvalue weighted by molar-refractivity contribution is -0.137. The first-order valence-electron chi connectivity index (χ1n) is 10.8. The molecule has 0 aliphatic carbocycles. The van der Waals surface area contributed by atoms with Crippen LogP contribution in [0.15, 0.2) is 78.9 Å². The van der Waals surface area contributed by atoms with Crippen molar-refractivity contribution in [3.63, 3.8) is 0 Å². The minimum Gasteiger partial charge on any atom is -0.457 e. The van der Waals surface area contributed by atoms with Crippen LogP contribution in [0.25, 0.3) is 11.1 Å². The predicted octanol–water partition coefficient (Wildman–Crippen LogP) is 7.44. The molecule has 6 nitrogen and oxygen atoms in total. The molecular weight excluding hydrogens is 493 g/mol. The Morgan fingerprint density at radius 1 is 0.553 bits per heavy atom. The van der Waals surface area contributed by atoms with Crippen molar-refractivity contribution in [2.45, 2.75) is 6.18 Å². The molecule has 9 heteroatoms. The number of hydrogen-bond donors (Lipinski definition) is 0. The maximum absolute atomic E-state index is 13.4. The standard InChI is InChI=1S/C29H13F3N4O2/c30-29(31,32)23-3-1-2-18(10-23)27-13-26(37-24-6-4-19(14-33)21(11-24)16-35)8-9-28(27)38-25-7-5-20(15-34)22(12-25)17-36/h1-13H. The number of hydrogen-bond acceptors (Lipinski definition) is 6. The number of rotatable bonds is 5. The first-order valence-corrected chi connectivity index (χ1v) is 10.8. The van der Waals surface area contributed by atoms with Gasteiger partial charge in [0.2, 0.25) is 0 Å². The van der Waals surface area contributed by atoms with Gasteiger partial charge < -0.3 is 9.47 Å². The smallest absolute Gasteiger partial charge is 0.416 e. The molecule has 0 aliphatic heterocycles. The van der Waals surface area contributed by atoms with E-state index in [9.17, 15) is 23.7 Å². The molecule has 182 valence electrons. The Hall–Kier alpha value is -5.77. The molecule has 0 unspecified atom stereocenters. The summed E-state index contributed by atoms with van der Waals surface area (Å²) in [5.74, 6) is 0.849. The van der Waals surface area contributed by atoms with Gasteiger partial charge in [0, 0.05) is 5.56 Å². The highest BCUT2D eigenvalue weighted by Gasteiger charge is 2.30. The number of halogens is 3. The Morgan fingerprint density at radius 3 is 1.63 bits per heavy atom. The lowest BCUT2D eigenvalue weighted by Gasteiger charge is -2.16. The van der Waals surface area contributed by atoms with Crippen LogP contribution < -0.4 is 9.47 Å². The van der Waals surface area contributed by atoms with Gasteiger partial charge in [0.05, 0.1) is 27.8 Å². The molecule has 0 aromatic heterocycles. The number of nitriles is 4. The molecule has 4 aromatic rings. The zero-order chi connectivity index (χ0) is 27.3. The maximum atomic E-state index is 13.4. The lowest BCUT2D eigenvalue weighted by atomic mass is 10.0. The summed E-state index contributed by atoms with van der Waals surface area (Å²) in [4.78, 5) is 0. The van der Waals surface area contributed by atoms with E-state index in [1.807, 2.05) is 24.3 Å². The summed E-state index contributed by atoms with van der Waals surface area (Å²) in [7, 11) is 0. The van der Waals surface area contributed by atoms with Gasteiger partial charge in [-0.25, -0.2) is 0 Å². The molecule has 0 heterocycles. The quantitative estimate of drug-likeness (QED) is 0.278. The van der Waals surface area contributed by atoms with Crippen molar-refractivity contribution in [3.8, 4) is 58.4 Å². The highest BCUT2D eigenvalue weighted by molar-refractivity contribution is 5.73. The topological polar surface area (TPSA) is 114 Å². The number of ether oxygens (including phenoxy) is 2. The first kappa shape index (κ1) is 25.3. The van der Waals surface area contributed by atoms with E-state index in [0.29, 0.717) is 0 Å². The van der Waals surface area contributed by atoms with Crippen molar-refractivity contribution in [2.24, 2.45) is 0 Å². The third-order valence-electron chi connectivity index (χ3n) is 5.38. The Bertz CT molecular complexity index is 1720. The van der Waals surface area contributed by atoms with Gasteiger partial charge in [-0.1, -0.05) is 12.1 Å². The van der Waals surface area contributed by atoms with Crippen LogP contribution in [0.1, 0.15) is 27.8 Å². The Kier molecular flexibility index (Phi) is 6.97. The van der Waals surface area contributed by atoms with Crippen LogP contribution in [-0.4, -0.2) is 0 Å². The van der Waals surface area contributed by atoms with Crippen molar-refractivity contribution in [1.82, 2.24) is 0 Å². The Balaban J connectivity index is 1.79. The van der Waals surface area contributed by atoms with E-state index in [1.165, 1.54) is 66.7 Å². The van der Waals surface area contributed by atoms with E-state index in [1.54, 1.807) is 0 Å². The first-order chi connectivity index (χ1) is 18.2. The summed E-state index contributed by atoms with van der Waals surface area (Å²) in [6.07, 6.45) is -4.57. The summed E-state index contributed by atoms with van der Waals surface area (Å²) in [5.41, 5.74) is 0.103. The van der Waals surface area contributed by atoms with E-state index in [-0.39, 0.29) is 56.4 Å². The van der Waals surface area contributed by atoms with Gasteiger partial charge in [0.25, 0.3) is 0 Å². The van der Waals surface area contributed by atoms with Gasteiger partial charge in [-0.15, -0.1) is 0 Å². The van der Waals surface area contributed by atoms with Crippen LogP contribution in [-0.2, 0) is 6.18 Å². The number of nitrogens with zero attached hydrogens (tertiary/aromatic N) is 4. The fraction of sp³-hybridized carbons (Fsp3) is 0.0345. The molecule has 4 rings (SSSR count). The average molecular weight is 506 g/mol. The van der Waals surface area contributed by atoms with Crippen molar-refractivity contribution < 1.29 is 22.6 Å². The maximum Gasteiger partial charge on any atom is 0.416 e. The summed E-state index contributed by atoms with van der Waals surface area (Å²) >= 11 is 0. The zero-order valence-corrected chi connectivity index (χ0v) is 19.2. The van der Waals surface area contributed by atoms with Crippen LogP contribution in [0, 0.1) is 45.3 Å². The van der Waals surface area contributed by atoms with E-state index in [4.69, 9.17) is 20.0 Å². The van der Waals surface area contributed by atoms with Crippen LogP contribution in [0.3, 0.4) is 0 Å². The third-order valence-corrected chi connectivity index (χ3v) is 5.38. The molecule has 0 atom stereocenters. The number of benzene rings is 4. The van der Waals surface area contributed by atoms with Crippen LogP contribution in [0.2, 0.25) is 0 Å². The zero-order valence-electron chi connectivity index (χ0n) is 19.2. The molecule has 0 spiro atoms. The van der Waals surface area contributed by atoms with E-state index in [2.05, 4.69) is 0 Å². The fourth-order valence-corrected chi connectivity index (χ4v) is 3.57. The van der Waals surface area contributed by atoms with Crippen molar-refractivity contribution >= 4 is 0 Å². The molecule has 0 saturated carbocycles. The molecular formula is C29H13F3N4O2. The molecule has 0 fully saturated rings. The molecule has 0 aliphatic rings. The van der Waals surface area contributed by atoms with E-state index < -0.39 is 11.7 Å². The largest absolute Gasteiger partial charge is 0.457 e. The summed E-state index contributed by atoms with van der Waals surface area (Å²) in [5, 5.41) is 36.8. The van der Waals surface area contributed by atoms with Gasteiger partial charge in [0.1, 0.15) is 47.3 Å². The minimum atomic E-state index is -4.57. The SMILES string of the molecule is N#Cc1ccc(Oc2ccc(Oc3ccc(C#N)c(C#N)c3)c(-c3cccc(C(F)(F)F)c3)c2)cc1C#N. The molecule has 0 saturated heterocycles. The minimum absolute atomic E-state index is 0.0830. The van der Waals surface area contributed by atoms with Crippen molar-refractivity contribution in [1.29, 1.82) is 21.0 Å². The van der Waals surface area contributed by atoms with Gasteiger partial charge in [-0.2, -0.15) is 34.2 Å². The predicted molar refractivity (Wildman–Crippen MR) is 129 cm³/mol. The molecule has 0 N–H and O–H groups in total. The molecule has 0 amide bonds. The monoisotopic (exact) mass is 506 g/mol. The summed E-state index contributed by atoms with van der Waals surface area (Å²) in [6.45, 7) is 0. The molecule has 38 heavy (non-hydrogen) atoms. The van der Waals surface area contributed by atoms with Gasteiger partial charge >= 0.3 is 6.18 Å². The van der Waals surface area contributed by atoms with Crippen LogP contribution in [0.4, 0.5) is 13.2 Å². The molecule has 0 bridgehead atoms. The highest BCUT2D eigenvalue weighted by Crippen LogP contribution is 2.40. The van der Waals surface area contributed by atoms with Crippen molar-refractivity contribution in [2.75, 3.05) is 0 Å². The molecule has 0 radical (unpaired) electrons. The summed E-state index contributed by atoms with van der Waals surface area (Å²) in [6, 6.07) is 25.3. The van der Waals surface area contributed by atoms with Gasteiger partial charge in [-0.05, 0) is 72.3 Å². The van der Waals surface area contributed by atoms with E-state index in [0.717, 1.165) is 12.1 Å². The van der Waals surface area contributed by atoms with Crippen LogP contribution in [0.5, 0.6) is 23.0 Å². The fourth-order valence-electron chi connectivity index (χ4n) is 3.57. The van der Waals surface area contributed by atoms with E-state index >= 15 is 0 Å². The number of alkyl halides is 3. The van der Waals surface area contributed by atoms with Crippen LogP contribution >= 0.6 is 0 Å². The normalized spacial score (nSPS) is 10.4. The van der Waals surface area contributed by atoms with Crippen molar-refractivity contribution in [3.05, 3.63) is 107 Å². The third kappa shape index (κ3) is 5.39. The lowest BCUT2D eigenvalue weighted by Crippen LogP contribution is -2.04. The second kappa shape index (κ2) is 10.5. The second-order valence-corrected chi connectivity index (χ2v) is 7.80. The average Bonchev–Trinajstić information content (AvgIpc) is 2.93.